The van der Waals surface area contributed by atoms with Crippen LogP contribution in [0.1, 0.15) is 44.9 Å². The van der Waals surface area contributed by atoms with Crippen LogP contribution in [-0.2, 0) is 22.7 Å². The van der Waals surface area contributed by atoms with Crippen LogP contribution in [0.2, 0.25) is 0 Å². The van der Waals surface area contributed by atoms with Crippen LogP contribution in [0.25, 0.3) is 0 Å². The highest BCUT2D eigenvalue weighted by Gasteiger charge is 2.29. The van der Waals surface area contributed by atoms with Crippen molar-refractivity contribution in [2.75, 3.05) is 31.1 Å². The number of ether oxygens (including phenoxy) is 1. The molecule has 1 aliphatic rings. The van der Waals surface area contributed by atoms with Gasteiger partial charge in [-0.25, -0.2) is 9.18 Å². The zero-order chi connectivity index (χ0) is 23.3. The third-order valence-electron chi connectivity index (χ3n) is 5.40. The van der Waals surface area contributed by atoms with Gasteiger partial charge in [0.15, 0.2) is 0 Å². The fourth-order valence-corrected chi connectivity index (χ4v) is 4.21. The SMILES string of the molecule is CC(N[S@@+]([O-])C(C)(C)C)c1ccc(N2CCN(C(=O)OCc3ccccc3)CC2)c(F)c1. The molecule has 1 heterocycles. The largest absolute Gasteiger partial charge is 0.598 e. The molecule has 2 aromatic rings. The van der Waals surface area contributed by atoms with Crippen molar-refractivity contribution >= 4 is 23.1 Å². The molecular formula is C24H32FN3O3S. The minimum absolute atomic E-state index is 0.238. The summed E-state index contributed by atoms with van der Waals surface area (Å²) >= 11 is -1.24. The van der Waals surface area contributed by atoms with E-state index in [1.54, 1.807) is 11.0 Å². The van der Waals surface area contributed by atoms with Gasteiger partial charge in [0, 0.05) is 37.5 Å². The molecule has 1 saturated heterocycles. The van der Waals surface area contributed by atoms with Crippen molar-refractivity contribution in [3.05, 3.63) is 65.5 Å². The number of carbonyl (C=O) groups is 1. The van der Waals surface area contributed by atoms with Gasteiger partial charge in [0.05, 0.1) is 11.7 Å². The molecule has 0 bridgehead atoms. The molecule has 2 aromatic carbocycles. The molecule has 0 aromatic heterocycles. The fourth-order valence-electron chi connectivity index (χ4n) is 3.39. The zero-order valence-electron chi connectivity index (χ0n) is 19.1. The summed E-state index contributed by atoms with van der Waals surface area (Å²) in [6, 6.07) is 14.4. The maximum atomic E-state index is 14.9. The van der Waals surface area contributed by atoms with E-state index in [0.717, 1.165) is 11.1 Å². The first-order valence-corrected chi connectivity index (χ1v) is 12.0. The molecule has 1 amide bonds. The number of benzene rings is 2. The number of rotatable bonds is 6. The molecule has 8 heteroatoms. The smallest absolute Gasteiger partial charge is 0.410 e. The Balaban J connectivity index is 1.53. The highest BCUT2D eigenvalue weighted by atomic mass is 32.2. The van der Waals surface area contributed by atoms with E-state index in [2.05, 4.69) is 4.72 Å². The van der Waals surface area contributed by atoms with Gasteiger partial charge >= 0.3 is 6.09 Å². The van der Waals surface area contributed by atoms with E-state index in [1.807, 2.05) is 69.0 Å². The number of nitrogens with one attached hydrogen (secondary N) is 1. The number of piperazine rings is 1. The molecule has 1 N–H and O–H groups in total. The lowest BCUT2D eigenvalue weighted by molar-refractivity contribution is 0.0941. The van der Waals surface area contributed by atoms with E-state index in [9.17, 15) is 13.7 Å². The number of nitrogens with zero attached hydrogens (tertiary/aromatic N) is 2. The standard InChI is InChI=1S/C24H32FN3O3S/c1-18(26-32(30)24(2,3)4)20-10-11-22(21(25)16-20)27-12-14-28(15-13-27)23(29)31-17-19-8-6-5-7-9-19/h5-11,16,18,26H,12-15,17H2,1-4H3/t18?,32-/m0/s1. The van der Waals surface area contributed by atoms with Crippen LogP contribution in [0.15, 0.2) is 48.5 Å². The van der Waals surface area contributed by atoms with Crippen molar-refractivity contribution in [3.63, 3.8) is 0 Å². The van der Waals surface area contributed by atoms with E-state index < -0.39 is 16.1 Å². The first-order valence-electron chi connectivity index (χ1n) is 10.8. The minimum atomic E-state index is -1.24. The van der Waals surface area contributed by atoms with E-state index in [4.69, 9.17) is 4.74 Å². The lowest BCUT2D eigenvalue weighted by Crippen LogP contribution is -2.49. The van der Waals surface area contributed by atoms with Crippen molar-refractivity contribution < 1.29 is 18.5 Å². The van der Waals surface area contributed by atoms with Gasteiger partial charge in [0.1, 0.15) is 17.2 Å². The lowest BCUT2D eigenvalue weighted by atomic mass is 10.1. The Morgan fingerprint density at radius 1 is 1.16 bits per heavy atom. The highest BCUT2D eigenvalue weighted by molar-refractivity contribution is 7.90. The van der Waals surface area contributed by atoms with Crippen molar-refractivity contribution in [2.45, 2.75) is 45.1 Å². The number of hydrogen-bond donors (Lipinski definition) is 1. The second-order valence-electron chi connectivity index (χ2n) is 8.95. The molecule has 6 nitrogen and oxygen atoms in total. The molecule has 1 fully saturated rings. The Morgan fingerprint density at radius 3 is 2.41 bits per heavy atom. The summed E-state index contributed by atoms with van der Waals surface area (Å²) in [5.41, 5.74) is 2.19. The summed E-state index contributed by atoms with van der Waals surface area (Å²) in [6.45, 7) is 9.78. The average Bonchev–Trinajstić information content (AvgIpc) is 2.77. The van der Waals surface area contributed by atoms with E-state index >= 15 is 0 Å². The Morgan fingerprint density at radius 2 is 1.81 bits per heavy atom. The Hall–Kier alpha value is -2.29. The Labute approximate surface area is 193 Å². The van der Waals surface area contributed by atoms with Gasteiger partial charge in [-0.1, -0.05) is 36.4 Å². The first kappa shape index (κ1) is 24.4. The molecule has 0 spiro atoms. The molecular weight excluding hydrogens is 429 g/mol. The number of amides is 1. The van der Waals surface area contributed by atoms with Gasteiger partial charge in [-0.15, -0.1) is 4.72 Å². The van der Waals surface area contributed by atoms with Crippen molar-refractivity contribution in [3.8, 4) is 0 Å². The van der Waals surface area contributed by atoms with Crippen LogP contribution in [0, 0.1) is 5.82 Å². The topological polar surface area (TPSA) is 67.9 Å². The number of halogens is 1. The molecule has 32 heavy (non-hydrogen) atoms. The third-order valence-corrected chi connectivity index (χ3v) is 7.08. The molecule has 1 unspecified atom stereocenters. The average molecular weight is 462 g/mol. The summed E-state index contributed by atoms with van der Waals surface area (Å²) in [5.74, 6) is -0.321. The van der Waals surface area contributed by atoms with Crippen LogP contribution in [-0.4, -0.2) is 46.5 Å². The summed E-state index contributed by atoms with van der Waals surface area (Å²) in [4.78, 5) is 15.9. The normalized spacial score (nSPS) is 16.6. The van der Waals surface area contributed by atoms with Gasteiger partial charge in [-0.3, -0.25) is 0 Å². The third kappa shape index (κ3) is 6.37. The van der Waals surface area contributed by atoms with Gasteiger partial charge in [-0.2, -0.15) is 0 Å². The predicted molar refractivity (Wildman–Crippen MR) is 126 cm³/mol. The maximum absolute atomic E-state index is 14.9. The molecule has 0 aliphatic carbocycles. The predicted octanol–water partition coefficient (Wildman–Crippen LogP) is 4.40. The van der Waals surface area contributed by atoms with Gasteiger partial charge in [-0.05, 0) is 51.0 Å². The van der Waals surface area contributed by atoms with E-state index in [-0.39, 0.29) is 24.6 Å². The second kappa shape index (κ2) is 10.6. The number of anilines is 1. The molecule has 1 aliphatic heterocycles. The van der Waals surface area contributed by atoms with Gasteiger partial charge < -0.3 is 19.1 Å². The van der Waals surface area contributed by atoms with Crippen LogP contribution >= 0.6 is 0 Å². The Kier molecular flexibility index (Phi) is 8.03. The lowest BCUT2D eigenvalue weighted by Gasteiger charge is -2.35. The van der Waals surface area contributed by atoms with Crippen LogP contribution < -0.4 is 9.62 Å². The number of carbonyl (C=O) groups excluding carboxylic acids is 1. The first-order chi connectivity index (χ1) is 15.1. The van der Waals surface area contributed by atoms with Gasteiger partial charge in [0.2, 0.25) is 0 Å². The molecule has 0 radical (unpaired) electrons. The summed E-state index contributed by atoms with van der Waals surface area (Å²) < 4.78 is 35.2. The Bertz CT molecular complexity index is 899. The summed E-state index contributed by atoms with van der Waals surface area (Å²) in [5, 5.41) is 0. The summed E-state index contributed by atoms with van der Waals surface area (Å²) in [6.07, 6.45) is -0.351. The van der Waals surface area contributed by atoms with E-state index in [0.29, 0.717) is 31.9 Å². The van der Waals surface area contributed by atoms with Crippen molar-refractivity contribution in [1.82, 2.24) is 9.62 Å². The van der Waals surface area contributed by atoms with Crippen molar-refractivity contribution in [1.29, 1.82) is 0 Å². The second-order valence-corrected chi connectivity index (χ2v) is 10.9. The quantitative estimate of drug-likeness (QED) is 0.646. The number of hydrogen-bond acceptors (Lipinski definition) is 5. The fraction of sp³-hybridized carbons (Fsp3) is 0.458. The monoisotopic (exact) mass is 461 g/mol. The van der Waals surface area contributed by atoms with Crippen LogP contribution in [0.5, 0.6) is 0 Å². The maximum Gasteiger partial charge on any atom is 0.410 e. The minimum Gasteiger partial charge on any atom is -0.598 e. The zero-order valence-corrected chi connectivity index (χ0v) is 20.0. The molecule has 0 saturated carbocycles. The molecule has 3 rings (SSSR count). The summed E-state index contributed by atoms with van der Waals surface area (Å²) in [7, 11) is 0. The highest BCUT2D eigenvalue weighted by Crippen LogP contribution is 2.26. The van der Waals surface area contributed by atoms with Crippen molar-refractivity contribution in [2.24, 2.45) is 0 Å². The van der Waals surface area contributed by atoms with E-state index in [1.165, 1.54) is 6.07 Å². The van der Waals surface area contributed by atoms with Crippen LogP contribution in [0.4, 0.5) is 14.9 Å². The molecule has 2 atom stereocenters. The van der Waals surface area contributed by atoms with Crippen LogP contribution in [0.3, 0.4) is 0 Å². The van der Waals surface area contributed by atoms with Gasteiger partial charge in [0.25, 0.3) is 0 Å². The molecule has 174 valence electrons.